The van der Waals surface area contributed by atoms with E-state index in [0.29, 0.717) is 33.9 Å². The van der Waals surface area contributed by atoms with Crippen molar-refractivity contribution in [2.24, 2.45) is 5.10 Å². The number of phenols is 1. The number of hydrogen-bond acceptors (Lipinski definition) is 7. The molecule has 4 aromatic rings. The molecule has 0 aliphatic rings. The molecule has 2 N–H and O–H groups in total. The molecule has 0 fully saturated rings. The number of amides is 1. The second-order valence-corrected chi connectivity index (χ2v) is 8.60. The van der Waals surface area contributed by atoms with Gasteiger partial charge in [-0.05, 0) is 55.0 Å². The Morgan fingerprint density at radius 2 is 1.91 bits per heavy atom. The number of thioether (sulfide) groups is 1. The minimum Gasteiger partial charge on any atom is -0.504 e. The van der Waals surface area contributed by atoms with Crippen molar-refractivity contribution in [1.29, 1.82) is 0 Å². The molecule has 8 nitrogen and oxygen atoms in total. The van der Waals surface area contributed by atoms with E-state index in [0.717, 1.165) is 11.3 Å². The SMILES string of the molecule is CCOc1cc(C=NNC(=O)CSc2nnc(-c3ccccc3)n2-c2ccc(Cl)cc2)ccc1O. The van der Waals surface area contributed by atoms with Gasteiger partial charge in [0.15, 0.2) is 22.5 Å². The zero-order valence-electron chi connectivity index (χ0n) is 18.8. The quantitative estimate of drug-likeness (QED) is 0.189. The molecule has 0 spiro atoms. The summed E-state index contributed by atoms with van der Waals surface area (Å²) >= 11 is 7.31. The molecular formula is C25H22ClN5O3S. The van der Waals surface area contributed by atoms with Crippen molar-refractivity contribution in [3.05, 3.63) is 83.4 Å². The van der Waals surface area contributed by atoms with Gasteiger partial charge >= 0.3 is 0 Å². The molecule has 35 heavy (non-hydrogen) atoms. The van der Waals surface area contributed by atoms with E-state index in [4.69, 9.17) is 16.3 Å². The van der Waals surface area contributed by atoms with Crippen LogP contribution in [-0.4, -0.2) is 44.4 Å². The van der Waals surface area contributed by atoms with Crippen LogP contribution >= 0.6 is 23.4 Å². The molecule has 0 unspecified atom stereocenters. The number of ether oxygens (including phenoxy) is 1. The number of hydrazone groups is 1. The van der Waals surface area contributed by atoms with Crippen molar-refractivity contribution in [1.82, 2.24) is 20.2 Å². The van der Waals surface area contributed by atoms with Crippen LogP contribution in [0.5, 0.6) is 11.5 Å². The van der Waals surface area contributed by atoms with E-state index in [1.165, 1.54) is 24.0 Å². The summed E-state index contributed by atoms with van der Waals surface area (Å²) in [7, 11) is 0. The van der Waals surface area contributed by atoms with Crippen LogP contribution in [0.4, 0.5) is 0 Å². The van der Waals surface area contributed by atoms with Crippen molar-refractivity contribution in [3.8, 4) is 28.6 Å². The second kappa shape index (κ2) is 11.5. The topological polar surface area (TPSA) is 102 Å². The Balaban J connectivity index is 1.46. The summed E-state index contributed by atoms with van der Waals surface area (Å²) in [5.41, 5.74) is 4.91. The minimum atomic E-state index is -0.304. The molecule has 3 aromatic carbocycles. The molecule has 1 heterocycles. The van der Waals surface area contributed by atoms with Crippen LogP contribution in [0, 0.1) is 0 Å². The van der Waals surface area contributed by atoms with Crippen molar-refractivity contribution in [2.45, 2.75) is 12.1 Å². The van der Waals surface area contributed by atoms with Crippen molar-refractivity contribution < 1.29 is 14.6 Å². The fourth-order valence-corrected chi connectivity index (χ4v) is 4.05. The zero-order valence-corrected chi connectivity index (χ0v) is 20.3. The monoisotopic (exact) mass is 507 g/mol. The summed E-state index contributed by atoms with van der Waals surface area (Å²) in [4.78, 5) is 12.4. The number of carbonyl (C=O) groups is 1. The first-order valence-corrected chi connectivity index (χ1v) is 12.1. The van der Waals surface area contributed by atoms with E-state index >= 15 is 0 Å². The Kier molecular flexibility index (Phi) is 8.02. The van der Waals surface area contributed by atoms with E-state index < -0.39 is 0 Å². The molecule has 0 saturated carbocycles. The van der Waals surface area contributed by atoms with E-state index in [1.807, 2.05) is 54.0 Å². The normalized spacial score (nSPS) is 11.0. The van der Waals surface area contributed by atoms with Gasteiger partial charge < -0.3 is 9.84 Å². The lowest BCUT2D eigenvalue weighted by atomic mass is 10.2. The lowest BCUT2D eigenvalue weighted by Gasteiger charge is -2.10. The number of benzene rings is 3. The number of phenolic OH excluding ortho intramolecular Hbond substituents is 1. The summed E-state index contributed by atoms with van der Waals surface area (Å²) < 4.78 is 7.24. The maximum Gasteiger partial charge on any atom is 0.250 e. The Morgan fingerprint density at radius 3 is 2.66 bits per heavy atom. The molecule has 0 bridgehead atoms. The average molecular weight is 508 g/mol. The number of aromatic hydroxyl groups is 1. The molecular weight excluding hydrogens is 486 g/mol. The molecule has 1 amide bonds. The first-order valence-electron chi connectivity index (χ1n) is 10.7. The first-order chi connectivity index (χ1) is 17.0. The molecule has 0 aliphatic heterocycles. The maximum atomic E-state index is 12.4. The van der Waals surface area contributed by atoms with Gasteiger partial charge in [-0.1, -0.05) is 53.7 Å². The molecule has 0 radical (unpaired) electrons. The third-order valence-corrected chi connectivity index (χ3v) is 5.95. The molecule has 0 aliphatic carbocycles. The minimum absolute atomic E-state index is 0.0455. The Morgan fingerprint density at radius 1 is 1.14 bits per heavy atom. The highest BCUT2D eigenvalue weighted by atomic mass is 35.5. The number of halogens is 1. The number of nitrogens with one attached hydrogen (secondary N) is 1. The lowest BCUT2D eigenvalue weighted by molar-refractivity contribution is -0.118. The number of carbonyl (C=O) groups excluding carboxylic acids is 1. The molecule has 4 rings (SSSR count). The summed E-state index contributed by atoms with van der Waals surface area (Å²) in [6, 6.07) is 21.9. The van der Waals surface area contributed by atoms with Crippen LogP contribution in [0.2, 0.25) is 5.02 Å². The average Bonchev–Trinajstić information content (AvgIpc) is 3.30. The van der Waals surface area contributed by atoms with Crippen LogP contribution in [-0.2, 0) is 4.79 Å². The van der Waals surface area contributed by atoms with E-state index in [1.54, 1.807) is 24.3 Å². The summed E-state index contributed by atoms with van der Waals surface area (Å²) in [5.74, 6) is 0.837. The van der Waals surface area contributed by atoms with Crippen LogP contribution < -0.4 is 10.2 Å². The van der Waals surface area contributed by atoms with Crippen LogP contribution in [0.3, 0.4) is 0 Å². The van der Waals surface area contributed by atoms with Gasteiger partial charge in [0, 0.05) is 16.3 Å². The van der Waals surface area contributed by atoms with Gasteiger partial charge in [-0.3, -0.25) is 9.36 Å². The number of nitrogens with zero attached hydrogens (tertiary/aromatic N) is 4. The van der Waals surface area contributed by atoms with E-state index in [-0.39, 0.29) is 17.4 Å². The third kappa shape index (κ3) is 6.20. The highest BCUT2D eigenvalue weighted by molar-refractivity contribution is 7.99. The van der Waals surface area contributed by atoms with Crippen molar-refractivity contribution >= 4 is 35.5 Å². The number of rotatable bonds is 9. The smallest absolute Gasteiger partial charge is 0.250 e. The van der Waals surface area contributed by atoms with Gasteiger partial charge in [0.1, 0.15) is 0 Å². The van der Waals surface area contributed by atoms with Crippen LogP contribution in [0.1, 0.15) is 12.5 Å². The second-order valence-electron chi connectivity index (χ2n) is 7.23. The van der Waals surface area contributed by atoms with Gasteiger partial charge in [0.05, 0.1) is 18.6 Å². The van der Waals surface area contributed by atoms with Crippen molar-refractivity contribution in [3.63, 3.8) is 0 Å². The lowest BCUT2D eigenvalue weighted by Crippen LogP contribution is -2.20. The maximum absolute atomic E-state index is 12.4. The fourth-order valence-electron chi connectivity index (χ4n) is 3.18. The van der Waals surface area contributed by atoms with Crippen molar-refractivity contribution in [2.75, 3.05) is 12.4 Å². The molecule has 1 aromatic heterocycles. The standard InChI is InChI=1S/C25H22ClN5O3S/c1-2-34-22-14-17(8-13-21(22)32)15-27-28-23(33)16-35-25-30-29-24(18-6-4-3-5-7-18)31(25)20-11-9-19(26)10-12-20/h3-15,32H,2,16H2,1H3,(H,28,33). The third-order valence-electron chi connectivity index (χ3n) is 4.77. The van der Waals surface area contributed by atoms with Crippen LogP contribution in [0.25, 0.3) is 17.1 Å². The van der Waals surface area contributed by atoms with E-state index in [9.17, 15) is 9.90 Å². The zero-order chi connectivity index (χ0) is 24.6. The largest absolute Gasteiger partial charge is 0.504 e. The number of aromatic nitrogens is 3. The highest BCUT2D eigenvalue weighted by Gasteiger charge is 2.17. The Hall–Kier alpha value is -3.82. The Bertz CT molecular complexity index is 1330. The predicted molar refractivity (Wildman–Crippen MR) is 138 cm³/mol. The van der Waals surface area contributed by atoms with Gasteiger partial charge in [0.2, 0.25) is 0 Å². The molecule has 0 saturated heterocycles. The fraction of sp³-hybridized carbons (Fsp3) is 0.120. The van der Waals surface area contributed by atoms with Gasteiger partial charge in [0.25, 0.3) is 5.91 Å². The summed E-state index contributed by atoms with van der Waals surface area (Å²) in [5, 5.41) is 23.6. The van der Waals surface area contributed by atoms with Crippen LogP contribution in [0.15, 0.2) is 83.1 Å². The molecule has 0 atom stereocenters. The highest BCUT2D eigenvalue weighted by Crippen LogP contribution is 2.29. The number of hydrogen-bond donors (Lipinski definition) is 2. The first kappa shape index (κ1) is 24.3. The predicted octanol–water partition coefficient (Wildman–Crippen LogP) is 4.93. The summed E-state index contributed by atoms with van der Waals surface area (Å²) in [6.07, 6.45) is 1.48. The van der Waals surface area contributed by atoms with Gasteiger partial charge in [-0.2, -0.15) is 5.10 Å². The molecule has 10 heteroatoms. The van der Waals surface area contributed by atoms with E-state index in [2.05, 4.69) is 20.7 Å². The Labute approximate surface area is 211 Å². The molecule has 178 valence electrons. The van der Waals surface area contributed by atoms with Gasteiger partial charge in [-0.25, -0.2) is 5.43 Å². The van der Waals surface area contributed by atoms with Gasteiger partial charge in [-0.15, -0.1) is 10.2 Å². The summed E-state index contributed by atoms with van der Waals surface area (Å²) in [6.45, 7) is 2.25.